The lowest BCUT2D eigenvalue weighted by Gasteiger charge is -2.33. The van der Waals surface area contributed by atoms with Crippen molar-refractivity contribution in [1.29, 1.82) is 0 Å². The summed E-state index contributed by atoms with van der Waals surface area (Å²) in [5, 5.41) is 3.69. The van der Waals surface area contributed by atoms with Crippen LogP contribution in [0.1, 0.15) is 21.3 Å². The molecular formula is C13H20Cl2N6OS2. The second kappa shape index (κ2) is 9.47. The quantitative estimate of drug-likeness (QED) is 0.823. The summed E-state index contributed by atoms with van der Waals surface area (Å²) in [4.78, 5) is 25.3. The molecule has 1 saturated heterocycles. The SMILES string of the molecule is Cc1nsc(N2CCN(C(=O)c3csc(CCN)n3)CC2)n1.Cl.Cl. The predicted molar refractivity (Wildman–Crippen MR) is 102 cm³/mol. The van der Waals surface area contributed by atoms with Crippen LogP contribution in [-0.2, 0) is 6.42 Å². The first-order valence-electron chi connectivity index (χ1n) is 7.16. The first-order chi connectivity index (χ1) is 10.7. The van der Waals surface area contributed by atoms with Crippen molar-refractivity contribution in [3.63, 3.8) is 0 Å². The van der Waals surface area contributed by atoms with Crippen molar-refractivity contribution in [3.8, 4) is 0 Å². The minimum atomic E-state index is 0. The highest BCUT2D eigenvalue weighted by Crippen LogP contribution is 2.20. The highest BCUT2D eigenvalue weighted by Gasteiger charge is 2.25. The predicted octanol–water partition coefficient (Wildman–Crippen LogP) is 1.61. The number of anilines is 1. The van der Waals surface area contributed by atoms with Gasteiger partial charge in [-0.05, 0) is 13.5 Å². The van der Waals surface area contributed by atoms with Crippen molar-refractivity contribution in [2.24, 2.45) is 5.73 Å². The Morgan fingerprint density at radius 2 is 1.96 bits per heavy atom. The third-order valence-corrected chi connectivity index (χ3v) is 5.26. The number of aryl methyl sites for hydroxylation is 1. The number of nitrogens with zero attached hydrogens (tertiary/aromatic N) is 5. The number of aromatic nitrogens is 3. The largest absolute Gasteiger partial charge is 0.343 e. The van der Waals surface area contributed by atoms with Crippen LogP contribution in [0.3, 0.4) is 0 Å². The van der Waals surface area contributed by atoms with Gasteiger partial charge < -0.3 is 15.5 Å². The van der Waals surface area contributed by atoms with E-state index in [1.165, 1.54) is 22.9 Å². The molecule has 0 saturated carbocycles. The highest BCUT2D eigenvalue weighted by molar-refractivity contribution is 7.10. The van der Waals surface area contributed by atoms with Crippen molar-refractivity contribution in [2.75, 3.05) is 37.6 Å². The van der Waals surface area contributed by atoms with Crippen molar-refractivity contribution in [2.45, 2.75) is 13.3 Å². The summed E-state index contributed by atoms with van der Waals surface area (Å²) >= 11 is 2.91. The average Bonchev–Trinajstić information content (AvgIpc) is 3.16. The summed E-state index contributed by atoms with van der Waals surface area (Å²) in [7, 11) is 0. The van der Waals surface area contributed by atoms with E-state index in [4.69, 9.17) is 5.73 Å². The van der Waals surface area contributed by atoms with E-state index in [9.17, 15) is 4.79 Å². The first-order valence-corrected chi connectivity index (χ1v) is 8.81. The normalized spacial score (nSPS) is 14.1. The Morgan fingerprint density at radius 1 is 1.25 bits per heavy atom. The molecule has 11 heteroatoms. The van der Waals surface area contributed by atoms with E-state index in [0.717, 1.165) is 35.5 Å². The molecule has 2 N–H and O–H groups in total. The Hall–Kier alpha value is -1.00. The van der Waals surface area contributed by atoms with Gasteiger partial charge in [0.2, 0.25) is 5.13 Å². The molecule has 1 amide bonds. The number of thiazole rings is 1. The summed E-state index contributed by atoms with van der Waals surface area (Å²) in [6, 6.07) is 0. The van der Waals surface area contributed by atoms with E-state index in [1.807, 2.05) is 17.2 Å². The summed E-state index contributed by atoms with van der Waals surface area (Å²) in [6.07, 6.45) is 0.724. The summed E-state index contributed by atoms with van der Waals surface area (Å²) in [5.41, 5.74) is 6.05. The van der Waals surface area contributed by atoms with Gasteiger partial charge in [0.05, 0.1) is 5.01 Å². The van der Waals surface area contributed by atoms with Crippen LogP contribution in [0.5, 0.6) is 0 Å². The third kappa shape index (κ3) is 4.76. The van der Waals surface area contributed by atoms with Crippen LogP contribution in [0.2, 0.25) is 0 Å². The van der Waals surface area contributed by atoms with Crippen molar-refractivity contribution in [1.82, 2.24) is 19.2 Å². The number of rotatable bonds is 4. The minimum Gasteiger partial charge on any atom is -0.343 e. The van der Waals surface area contributed by atoms with Crippen LogP contribution in [0.4, 0.5) is 5.13 Å². The van der Waals surface area contributed by atoms with E-state index in [-0.39, 0.29) is 30.7 Å². The maximum Gasteiger partial charge on any atom is 0.273 e. The van der Waals surface area contributed by atoms with E-state index in [0.29, 0.717) is 25.3 Å². The van der Waals surface area contributed by atoms with Gasteiger partial charge in [-0.15, -0.1) is 36.2 Å². The minimum absolute atomic E-state index is 0. The Balaban J connectivity index is 0.00000144. The van der Waals surface area contributed by atoms with Crippen LogP contribution < -0.4 is 10.6 Å². The molecule has 24 heavy (non-hydrogen) atoms. The lowest BCUT2D eigenvalue weighted by molar-refractivity contribution is 0.0741. The molecule has 7 nitrogen and oxygen atoms in total. The van der Waals surface area contributed by atoms with Gasteiger partial charge in [-0.3, -0.25) is 4.79 Å². The molecular weight excluding hydrogens is 391 g/mol. The van der Waals surface area contributed by atoms with Crippen LogP contribution in [0.25, 0.3) is 0 Å². The van der Waals surface area contributed by atoms with Gasteiger partial charge in [0.15, 0.2) is 0 Å². The van der Waals surface area contributed by atoms with Crippen molar-refractivity contribution in [3.05, 3.63) is 21.9 Å². The number of amides is 1. The molecule has 0 aromatic carbocycles. The number of halogens is 2. The molecule has 0 spiro atoms. The van der Waals surface area contributed by atoms with E-state index in [1.54, 1.807) is 0 Å². The summed E-state index contributed by atoms with van der Waals surface area (Å²) in [5.74, 6) is 0.807. The summed E-state index contributed by atoms with van der Waals surface area (Å²) < 4.78 is 4.20. The maximum atomic E-state index is 12.5. The van der Waals surface area contributed by atoms with Gasteiger partial charge in [0.25, 0.3) is 5.91 Å². The van der Waals surface area contributed by atoms with Crippen LogP contribution in [-0.4, -0.2) is 57.9 Å². The van der Waals surface area contributed by atoms with Gasteiger partial charge in [-0.2, -0.15) is 4.37 Å². The molecule has 1 aliphatic rings. The molecule has 2 aromatic heterocycles. The molecule has 3 rings (SSSR count). The Labute approximate surface area is 161 Å². The van der Waals surface area contributed by atoms with Gasteiger partial charge in [-0.25, -0.2) is 9.97 Å². The Morgan fingerprint density at radius 3 is 2.54 bits per heavy atom. The second-order valence-electron chi connectivity index (χ2n) is 5.07. The third-order valence-electron chi connectivity index (χ3n) is 3.48. The standard InChI is InChI=1S/C13H18N6OS2.2ClH/c1-9-15-13(22-17-9)19-6-4-18(5-7-19)12(20)10-8-21-11(16-10)2-3-14;;/h8H,2-7,14H2,1H3;2*1H. The lowest BCUT2D eigenvalue weighted by atomic mass is 10.3. The fourth-order valence-corrected chi connectivity index (χ4v) is 3.84. The second-order valence-corrected chi connectivity index (χ2v) is 6.74. The Kier molecular flexibility index (Phi) is 8.31. The van der Waals surface area contributed by atoms with Gasteiger partial charge in [0.1, 0.15) is 11.5 Å². The Bertz CT molecular complexity index is 656. The molecule has 134 valence electrons. The van der Waals surface area contributed by atoms with Crippen molar-refractivity contribution >= 4 is 58.7 Å². The zero-order chi connectivity index (χ0) is 15.5. The highest BCUT2D eigenvalue weighted by atomic mass is 35.5. The fourth-order valence-electron chi connectivity index (χ4n) is 2.32. The molecule has 0 radical (unpaired) electrons. The van der Waals surface area contributed by atoms with Gasteiger partial charge in [0, 0.05) is 49.5 Å². The molecule has 0 aliphatic carbocycles. The maximum absolute atomic E-state index is 12.5. The molecule has 1 fully saturated rings. The van der Waals surface area contributed by atoms with Gasteiger partial charge >= 0.3 is 0 Å². The van der Waals surface area contributed by atoms with E-state index in [2.05, 4.69) is 19.2 Å². The molecule has 2 aromatic rings. The zero-order valence-electron chi connectivity index (χ0n) is 13.2. The topological polar surface area (TPSA) is 88.2 Å². The van der Waals surface area contributed by atoms with Crippen LogP contribution >= 0.6 is 47.7 Å². The molecule has 0 bridgehead atoms. The molecule has 1 aliphatic heterocycles. The smallest absolute Gasteiger partial charge is 0.273 e. The molecule has 0 unspecified atom stereocenters. The number of carbonyl (C=O) groups is 1. The average molecular weight is 411 g/mol. The molecule has 3 heterocycles. The number of piperazine rings is 1. The van der Waals surface area contributed by atoms with Gasteiger partial charge in [-0.1, -0.05) is 0 Å². The number of nitrogens with two attached hydrogens (primary N) is 1. The molecule has 0 atom stereocenters. The zero-order valence-corrected chi connectivity index (χ0v) is 16.4. The lowest BCUT2D eigenvalue weighted by Crippen LogP contribution is -2.48. The fraction of sp³-hybridized carbons (Fsp3) is 0.538. The van der Waals surface area contributed by atoms with Crippen LogP contribution in [0.15, 0.2) is 5.38 Å². The monoisotopic (exact) mass is 410 g/mol. The summed E-state index contributed by atoms with van der Waals surface area (Å²) in [6.45, 7) is 5.37. The first kappa shape index (κ1) is 21.0. The number of hydrogen-bond donors (Lipinski definition) is 1. The number of carbonyl (C=O) groups excluding carboxylic acids is 1. The number of hydrogen-bond acceptors (Lipinski definition) is 8. The van der Waals surface area contributed by atoms with Crippen LogP contribution in [0, 0.1) is 6.92 Å². The van der Waals surface area contributed by atoms with E-state index >= 15 is 0 Å². The van der Waals surface area contributed by atoms with E-state index < -0.39 is 0 Å². The van der Waals surface area contributed by atoms with Crippen molar-refractivity contribution < 1.29 is 4.79 Å².